The van der Waals surface area contributed by atoms with E-state index in [1.165, 1.54) is 24.0 Å². The first-order valence-electron chi connectivity index (χ1n) is 11.4. The number of pyridine rings is 2. The summed E-state index contributed by atoms with van der Waals surface area (Å²) in [4.78, 5) is 18.4. The summed E-state index contributed by atoms with van der Waals surface area (Å²) in [6.45, 7) is 6.20. The molecule has 1 aliphatic heterocycles. The van der Waals surface area contributed by atoms with Crippen LogP contribution in [0, 0.1) is 41.8 Å². The number of fused-ring (bicyclic) bond motifs is 2. The number of halogens is 1. The Kier molecular flexibility index (Phi) is 5.11. The molecule has 35 heavy (non-hydrogen) atoms. The zero-order chi connectivity index (χ0) is 24.3. The van der Waals surface area contributed by atoms with Crippen molar-refractivity contribution >= 4 is 23.2 Å². The fraction of sp³-hybridized carbons (Fsp3) is 0.320. The normalized spacial score (nSPS) is 20.7. The van der Waals surface area contributed by atoms with Crippen LogP contribution in [0.15, 0.2) is 52.9 Å². The van der Waals surface area contributed by atoms with E-state index in [4.69, 9.17) is 0 Å². The second-order valence-corrected chi connectivity index (χ2v) is 10.2. The van der Waals surface area contributed by atoms with Crippen molar-refractivity contribution in [3.05, 3.63) is 60.1 Å². The monoisotopic (exact) mass is 487 g/mol. The summed E-state index contributed by atoms with van der Waals surface area (Å²) in [5, 5.41) is 18.8. The molecule has 1 saturated carbocycles. The van der Waals surface area contributed by atoms with E-state index < -0.39 is 5.82 Å². The van der Waals surface area contributed by atoms with Gasteiger partial charge in [-0.25, -0.2) is 13.9 Å². The standard InChI is InChI=1S/C25H22FN7OS/c1-14-18(9-30-32(14)13-21-19-11-31(15(2)34)12-20(19)21)16-6-23(35-25-22(26)4-3-5-28-25)24-17(7-27)8-29-33(24)10-16/h3-6,8-10,19-21H,11-13H2,1-2H3. The van der Waals surface area contributed by atoms with Gasteiger partial charge in [0.2, 0.25) is 5.91 Å². The number of carbonyl (C=O) groups is 1. The van der Waals surface area contributed by atoms with Crippen LogP contribution in [0.5, 0.6) is 0 Å². The zero-order valence-corrected chi connectivity index (χ0v) is 20.0. The Balaban J connectivity index is 1.32. The summed E-state index contributed by atoms with van der Waals surface area (Å²) >= 11 is 1.18. The Morgan fingerprint density at radius 1 is 1.29 bits per heavy atom. The number of nitrogens with zero attached hydrogens (tertiary/aromatic N) is 7. The van der Waals surface area contributed by atoms with Crippen molar-refractivity contribution in [3.63, 3.8) is 0 Å². The molecule has 0 N–H and O–H groups in total. The Bertz CT molecular complexity index is 1510. The van der Waals surface area contributed by atoms with E-state index in [1.54, 1.807) is 23.7 Å². The number of carbonyl (C=O) groups excluding carboxylic acids is 1. The van der Waals surface area contributed by atoms with Gasteiger partial charge in [-0.1, -0.05) is 11.8 Å². The van der Waals surface area contributed by atoms with Crippen molar-refractivity contribution in [1.29, 1.82) is 5.26 Å². The molecule has 1 saturated heterocycles. The van der Waals surface area contributed by atoms with Crippen molar-refractivity contribution in [2.75, 3.05) is 13.1 Å². The highest BCUT2D eigenvalue weighted by atomic mass is 32.2. The van der Waals surface area contributed by atoms with Crippen LogP contribution in [0.4, 0.5) is 4.39 Å². The molecule has 1 amide bonds. The lowest BCUT2D eigenvalue weighted by atomic mass is 10.1. The first-order chi connectivity index (χ1) is 16.9. The molecule has 0 aromatic carbocycles. The van der Waals surface area contributed by atoms with Gasteiger partial charge in [0.15, 0.2) is 5.82 Å². The van der Waals surface area contributed by atoms with Crippen molar-refractivity contribution in [3.8, 4) is 17.2 Å². The molecular formula is C25H22FN7OS. The molecule has 2 atom stereocenters. The van der Waals surface area contributed by atoms with Gasteiger partial charge >= 0.3 is 0 Å². The largest absolute Gasteiger partial charge is 0.342 e. The molecule has 1 aliphatic carbocycles. The molecule has 10 heteroatoms. The second-order valence-electron chi connectivity index (χ2n) is 9.19. The lowest BCUT2D eigenvalue weighted by molar-refractivity contribution is -0.128. The summed E-state index contributed by atoms with van der Waals surface area (Å²) in [6, 6.07) is 7.04. The number of hydrogen-bond acceptors (Lipinski definition) is 6. The maximum Gasteiger partial charge on any atom is 0.219 e. The fourth-order valence-corrected chi connectivity index (χ4v) is 6.21. The van der Waals surface area contributed by atoms with Gasteiger partial charge in [0.05, 0.1) is 23.5 Å². The number of amides is 1. The van der Waals surface area contributed by atoms with Crippen LogP contribution in [-0.4, -0.2) is 48.3 Å². The Labute approximate surface area is 205 Å². The van der Waals surface area contributed by atoms with Crippen LogP contribution < -0.4 is 0 Å². The molecule has 2 fully saturated rings. The SMILES string of the molecule is CC(=O)N1CC2C(C1)C2Cn1ncc(-c2cc(Sc3ncccc3F)c3c(C#N)cnn3c2)c1C. The van der Waals surface area contributed by atoms with E-state index in [9.17, 15) is 14.4 Å². The highest BCUT2D eigenvalue weighted by Gasteiger charge is 2.56. The number of piperidine rings is 1. The van der Waals surface area contributed by atoms with Gasteiger partial charge in [0, 0.05) is 60.7 Å². The summed E-state index contributed by atoms with van der Waals surface area (Å²) in [6.07, 6.45) is 6.79. The molecule has 0 bridgehead atoms. The van der Waals surface area contributed by atoms with Crippen LogP contribution in [0.25, 0.3) is 16.6 Å². The smallest absolute Gasteiger partial charge is 0.219 e. The van der Waals surface area contributed by atoms with Gasteiger partial charge in [-0.05, 0) is 42.9 Å². The quantitative estimate of drug-likeness (QED) is 0.425. The maximum absolute atomic E-state index is 14.4. The van der Waals surface area contributed by atoms with E-state index >= 15 is 0 Å². The molecule has 2 aliphatic rings. The van der Waals surface area contributed by atoms with Crippen molar-refractivity contribution in [2.24, 2.45) is 17.8 Å². The first kappa shape index (κ1) is 21.8. The Morgan fingerprint density at radius 3 is 2.80 bits per heavy atom. The van der Waals surface area contributed by atoms with Crippen LogP contribution >= 0.6 is 11.8 Å². The van der Waals surface area contributed by atoms with Gasteiger partial charge in [-0.3, -0.25) is 9.48 Å². The highest BCUT2D eigenvalue weighted by Crippen LogP contribution is 2.52. The molecule has 6 rings (SSSR count). The van der Waals surface area contributed by atoms with Crippen molar-refractivity contribution in [1.82, 2.24) is 29.3 Å². The summed E-state index contributed by atoms with van der Waals surface area (Å²) in [7, 11) is 0. The number of likely N-dealkylation sites (tertiary alicyclic amines) is 1. The van der Waals surface area contributed by atoms with Crippen molar-refractivity contribution < 1.29 is 9.18 Å². The lowest BCUT2D eigenvalue weighted by Gasteiger charge is -2.18. The topological polar surface area (TPSA) is 92.1 Å². The molecule has 5 heterocycles. The van der Waals surface area contributed by atoms with Gasteiger partial charge in [0.1, 0.15) is 11.1 Å². The minimum atomic E-state index is -0.415. The van der Waals surface area contributed by atoms with Crippen LogP contribution in [0.3, 0.4) is 0 Å². The molecule has 4 aromatic rings. The van der Waals surface area contributed by atoms with Crippen LogP contribution in [-0.2, 0) is 11.3 Å². The zero-order valence-electron chi connectivity index (χ0n) is 19.2. The molecule has 0 spiro atoms. The summed E-state index contributed by atoms with van der Waals surface area (Å²) < 4.78 is 18.1. The average Bonchev–Trinajstić information content (AvgIpc) is 3.25. The van der Waals surface area contributed by atoms with Gasteiger partial charge in [0.25, 0.3) is 0 Å². The third kappa shape index (κ3) is 3.67. The van der Waals surface area contributed by atoms with Crippen LogP contribution in [0.2, 0.25) is 0 Å². The maximum atomic E-state index is 14.4. The van der Waals surface area contributed by atoms with E-state index in [0.29, 0.717) is 33.7 Å². The van der Waals surface area contributed by atoms with E-state index in [0.717, 1.165) is 36.5 Å². The lowest BCUT2D eigenvalue weighted by Crippen LogP contribution is -2.29. The average molecular weight is 488 g/mol. The molecular weight excluding hydrogens is 465 g/mol. The van der Waals surface area contributed by atoms with Gasteiger partial charge in [-0.2, -0.15) is 15.5 Å². The molecule has 2 unspecified atom stereocenters. The van der Waals surface area contributed by atoms with Gasteiger partial charge < -0.3 is 4.90 Å². The predicted molar refractivity (Wildman–Crippen MR) is 127 cm³/mol. The van der Waals surface area contributed by atoms with Crippen LogP contribution in [0.1, 0.15) is 18.2 Å². The fourth-order valence-electron chi connectivity index (χ4n) is 5.23. The molecule has 4 aromatic heterocycles. The van der Waals surface area contributed by atoms with E-state index in [2.05, 4.69) is 21.3 Å². The Hall–Kier alpha value is -3.71. The summed E-state index contributed by atoms with van der Waals surface area (Å²) in [5.74, 6) is 1.41. The molecule has 176 valence electrons. The predicted octanol–water partition coefficient (Wildman–Crippen LogP) is 3.79. The highest BCUT2D eigenvalue weighted by molar-refractivity contribution is 7.99. The number of rotatable bonds is 5. The summed E-state index contributed by atoms with van der Waals surface area (Å²) in [5.41, 5.74) is 3.91. The number of aromatic nitrogens is 5. The van der Waals surface area contributed by atoms with E-state index in [1.807, 2.05) is 35.0 Å². The minimum absolute atomic E-state index is 0.154. The van der Waals surface area contributed by atoms with Crippen molar-refractivity contribution in [2.45, 2.75) is 30.3 Å². The number of nitriles is 1. The molecule has 0 radical (unpaired) electrons. The van der Waals surface area contributed by atoms with E-state index in [-0.39, 0.29) is 10.9 Å². The first-order valence-corrected chi connectivity index (χ1v) is 12.2. The second kappa shape index (κ2) is 8.20. The third-order valence-electron chi connectivity index (χ3n) is 7.24. The Morgan fingerprint density at radius 2 is 2.09 bits per heavy atom. The number of hydrogen-bond donors (Lipinski definition) is 0. The minimum Gasteiger partial charge on any atom is -0.342 e. The third-order valence-corrected chi connectivity index (χ3v) is 8.27. The molecule has 8 nitrogen and oxygen atoms in total. The van der Waals surface area contributed by atoms with Gasteiger partial charge in [-0.15, -0.1) is 0 Å².